The number of aromatic nitrogens is 1. The highest BCUT2D eigenvalue weighted by atomic mass is 16.1. The van der Waals surface area contributed by atoms with Gasteiger partial charge in [-0.05, 0) is 31.5 Å². The molecule has 1 atom stereocenters. The zero-order valence-corrected chi connectivity index (χ0v) is 12.2. The zero-order chi connectivity index (χ0) is 14.4. The lowest BCUT2D eigenvalue weighted by Gasteiger charge is -2.15. The molecule has 4 nitrogen and oxygen atoms in total. The third-order valence-corrected chi connectivity index (χ3v) is 3.35. The van der Waals surface area contributed by atoms with E-state index >= 15 is 0 Å². The molecule has 0 spiro atoms. The molecule has 4 heteroatoms. The quantitative estimate of drug-likeness (QED) is 0.676. The highest BCUT2D eigenvalue weighted by Crippen LogP contribution is 2.14. The minimum atomic E-state index is -0.0442. The second kappa shape index (κ2) is 7.22. The average Bonchev–Trinajstić information content (AvgIpc) is 2.45. The number of para-hydroxylation sites is 1. The zero-order valence-electron chi connectivity index (χ0n) is 12.2. The normalized spacial score (nSPS) is 12.7. The van der Waals surface area contributed by atoms with Crippen LogP contribution in [0, 0.1) is 0 Å². The van der Waals surface area contributed by atoms with Crippen molar-refractivity contribution in [3.8, 4) is 0 Å². The molecule has 0 aliphatic rings. The first-order valence-corrected chi connectivity index (χ1v) is 7.25. The summed E-state index contributed by atoms with van der Waals surface area (Å²) in [5, 5.41) is 7.96. The summed E-state index contributed by atoms with van der Waals surface area (Å²) in [5.74, 6) is 0. The van der Waals surface area contributed by atoms with Crippen LogP contribution in [0.15, 0.2) is 35.1 Å². The van der Waals surface area contributed by atoms with Crippen LogP contribution in [0.2, 0.25) is 0 Å². The first-order chi connectivity index (χ1) is 9.70. The lowest BCUT2D eigenvalue weighted by atomic mass is 10.1. The second-order valence-corrected chi connectivity index (χ2v) is 5.19. The van der Waals surface area contributed by atoms with Crippen LogP contribution in [0.4, 0.5) is 0 Å². The lowest BCUT2D eigenvalue weighted by Crippen LogP contribution is -2.36. The van der Waals surface area contributed by atoms with E-state index in [1.807, 2.05) is 24.3 Å². The van der Waals surface area contributed by atoms with E-state index < -0.39 is 0 Å². The molecular formula is C16H23N3O. The van der Waals surface area contributed by atoms with Gasteiger partial charge in [0, 0.05) is 36.1 Å². The number of aromatic amines is 1. The van der Waals surface area contributed by atoms with Crippen molar-refractivity contribution in [3.05, 3.63) is 46.2 Å². The molecule has 0 fully saturated rings. The third-order valence-electron chi connectivity index (χ3n) is 3.35. The van der Waals surface area contributed by atoms with Crippen LogP contribution >= 0.6 is 0 Å². The summed E-state index contributed by atoms with van der Waals surface area (Å²) in [6.07, 6.45) is 1.14. The Hall–Kier alpha value is -1.65. The summed E-state index contributed by atoms with van der Waals surface area (Å²) in [6.45, 7) is 7.00. The fourth-order valence-corrected chi connectivity index (χ4v) is 2.27. The van der Waals surface area contributed by atoms with Crippen LogP contribution < -0.4 is 16.2 Å². The fourth-order valence-electron chi connectivity index (χ4n) is 2.27. The summed E-state index contributed by atoms with van der Waals surface area (Å²) in [6, 6.07) is 9.97. The second-order valence-electron chi connectivity index (χ2n) is 5.19. The molecule has 1 aromatic carbocycles. The van der Waals surface area contributed by atoms with E-state index in [4.69, 9.17) is 0 Å². The van der Waals surface area contributed by atoms with Gasteiger partial charge < -0.3 is 15.6 Å². The van der Waals surface area contributed by atoms with Crippen LogP contribution in [0.5, 0.6) is 0 Å². The van der Waals surface area contributed by atoms with Gasteiger partial charge in [0.15, 0.2) is 0 Å². The van der Waals surface area contributed by atoms with Crippen molar-refractivity contribution in [1.29, 1.82) is 0 Å². The number of benzene rings is 1. The molecule has 0 saturated carbocycles. The van der Waals surface area contributed by atoms with Crippen molar-refractivity contribution >= 4 is 10.9 Å². The van der Waals surface area contributed by atoms with Crippen LogP contribution in [0.1, 0.15) is 25.8 Å². The van der Waals surface area contributed by atoms with Gasteiger partial charge in [-0.1, -0.05) is 25.1 Å². The van der Waals surface area contributed by atoms with Crippen molar-refractivity contribution in [2.45, 2.75) is 32.9 Å². The first-order valence-electron chi connectivity index (χ1n) is 7.25. The van der Waals surface area contributed by atoms with Gasteiger partial charge in [-0.2, -0.15) is 0 Å². The molecule has 1 aromatic heterocycles. The summed E-state index contributed by atoms with van der Waals surface area (Å²) < 4.78 is 0. The maximum Gasteiger partial charge on any atom is 0.248 e. The predicted octanol–water partition coefficient (Wildman–Crippen LogP) is 2.01. The van der Waals surface area contributed by atoms with Crippen molar-refractivity contribution in [2.75, 3.05) is 13.1 Å². The maximum absolute atomic E-state index is 11.7. The molecular weight excluding hydrogens is 250 g/mol. The molecule has 0 aliphatic carbocycles. The topological polar surface area (TPSA) is 56.9 Å². The van der Waals surface area contributed by atoms with E-state index in [1.165, 1.54) is 0 Å². The largest absolute Gasteiger partial charge is 0.322 e. The van der Waals surface area contributed by atoms with Gasteiger partial charge in [0.05, 0.1) is 0 Å². The molecule has 108 valence electrons. The molecule has 2 aromatic rings. The minimum absolute atomic E-state index is 0.0442. The molecule has 1 unspecified atom stereocenters. The monoisotopic (exact) mass is 273 g/mol. The summed E-state index contributed by atoms with van der Waals surface area (Å²) >= 11 is 0. The molecule has 20 heavy (non-hydrogen) atoms. The van der Waals surface area contributed by atoms with E-state index in [-0.39, 0.29) is 5.56 Å². The number of fused-ring (bicyclic) bond motifs is 1. The third kappa shape index (κ3) is 3.92. The number of H-pyrrole nitrogens is 1. The number of hydrogen-bond acceptors (Lipinski definition) is 3. The van der Waals surface area contributed by atoms with E-state index in [0.717, 1.165) is 36.0 Å². The van der Waals surface area contributed by atoms with E-state index in [0.29, 0.717) is 12.6 Å². The van der Waals surface area contributed by atoms with Gasteiger partial charge >= 0.3 is 0 Å². The summed E-state index contributed by atoms with van der Waals surface area (Å²) in [7, 11) is 0. The Balaban J connectivity index is 2.04. The van der Waals surface area contributed by atoms with E-state index in [2.05, 4.69) is 29.5 Å². The van der Waals surface area contributed by atoms with Gasteiger partial charge in [0.1, 0.15) is 0 Å². The van der Waals surface area contributed by atoms with Gasteiger partial charge in [-0.3, -0.25) is 4.79 Å². The number of nitrogens with one attached hydrogen (secondary N) is 3. The minimum Gasteiger partial charge on any atom is -0.322 e. The highest BCUT2D eigenvalue weighted by Gasteiger charge is 2.05. The lowest BCUT2D eigenvalue weighted by molar-refractivity contribution is 0.502. The molecule has 0 amide bonds. The van der Waals surface area contributed by atoms with Gasteiger partial charge in [-0.15, -0.1) is 0 Å². The summed E-state index contributed by atoms with van der Waals surface area (Å²) in [4.78, 5) is 14.5. The van der Waals surface area contributed by atoms with Crippen LogP contribution in [-0.2, 0) is 6.54 Å². The van der Waals surface area contributed by atoms with Gasteiger partial charge in [0.2, 0.25) is 5.56 Å². The molecule has 0 saturated heterocycles. The average molecular weight is 273 g/mol. The smallest absolute Gasteiger partial charge is 0.248 e. The van der Waals surface area contributed by atoms with Crippen molar-refractivity contribution < 1.29 is 0 Å². The first kappa shape index (κ1) is 14.8. The molecule has 0 radical (unpaired) electrons. The summed E-state index contributed by atoms with van der Waals surface area (Å²) in [5.41, 5.74) is 1.90. The molecule has 0 aliphatic heterocycles. The van der Waals surface area contributed by atoms with Gasteiger partial charge in [0.25, 0.3) is 0 Å². The predicted molar refractivity (Wildman–Crippen MR) is 84.0 cm³/mol. The Kier molecular flexibility index (Phi) is 5.32. The Labute approximate surface area is 119 Å². The van der Waals surface area contributed by atoms with Crippen molar-refractivity contribution in [3.63, 3.8) is 0 Å². The molecule has 3 N–H and O–H groups in total. The maximum atomic E-state index is 11.7. The van der Waals surface area contributed by atoms with E-state index in [1.54, 1.807) is 6.07 Å². The Morgan fingerprint density at radius 1 is 1.30 bits per heavy atom. The molecule has 0 bridgehead atoms. The number of hydrogen-bond donors (Lipinski definition) is 3. The van der Waals surface area contributed by atoms with Crippen LogP contribution in [-0.4, -0.2) is 24.1 Å². The SMILES string of the molecule is CCCNCC(C)NCc1cc(=O)[nH]c2ccccc12. The standard InChI is InChI=1S/C16H23N3O/c1-3-8-17-10-12(2)18-11-13-9-16(20)19-15-7-5-4-6-14(13)15/h4-7,9,12,17-18H,3,8,10-11H2,1-2H3,(H,19,20). The number of pyridine rings is 1. The van der Waals surface area contributed by atoms with Gasteiger partial charge in [-0.25, -0.2) is 0 Å². The fraction of sp³-hybridized carbons (Fsp3) is 0.438. The number of rotatable bonds is 7. The van der Waals surface area contributed by atoms with Crippen molar-refractivity contribution in [1.82, 2.24) is 15.6 Å². The Morgan fingerprint density at radius 2 is 2.10 bits per heavy atom. The molecule has 1 heterocycles. The van der Waals surface area contributed by atoms with Crippen LogP contribution in [0.3, 0.4) is 0 Å². The highest BCUT2D eigenvalue weighted by molar-refractivity contribution is 5.81. The van der Waals surface area contributed by atoms with Crippen molar-refractivity contribution in [2.24, 2.45) is 0 Å². The Bertz CT molecular complexity index is 606. The van der Waals surface area contributed by atoms with E-state index in [9.17, 15) is 4.79 Å². The molecule has 2 rings (SSSR count). The van der Waals surface area contributed by atoms with Crippen LogP contribution in [0.25, 0.3) is 10.9 Å². The Morgan fingerprint density at radius 3 is 2.90 bits per heavy atom.